The van der Waals surface area contributed by atoms with Gasteiger partial charge >= 0.3 is 0 Å². The van der Waals surface area contributed by atoms with Crippen molar-refractivity contribution in [3.05, 3.63) is 58.1 Å². The number of hydrogen-bond acceptors (Lipinski definition) is 4. The van der Waals surface area contributed by atoms with Gasteiger partial charge in [-0.3, -0.25) is 4.79 Å². The number of H-pyrrole nitrogens is 1. The Morgan fingerprint density at radius 1 is 1.29 bits per heavy atom. The van der Waals surface area contributed by atoms with Crippen molar-refractivity contribution in [2.24, 2.45) is 0 Å². The lowest BCUT2D eigenvalue weighted by Crippen LogP contribution is -2.27. The second kappa shape index (κ2) is 6.41. The SMILES string of the molecule is Cc1ccc(CNC(=O)Cc2c(C(=O)[O-])[nH]c3ccc(Cl)cc23)o1. The largest absolute Gasteiger partial charge is 0.543 e. The Bertz CT molecular complexity index is 926. The molecule has 1 aromatic carbocycles. The third-order valence-electron chi connectivity index (χ3n) is 3.67. The van der Waals surface area contributed by atoms with E-state index in [9.17, 15) is 14.7 Å². The van der Waals surface area contributed by atoms with Crippen LogP contribution < -0.4 is 10.4 Å². The van der Waals surface area contributed by atoms with E-state index >= 15 is 0 Å². The number of aromatic amines is 1. The first kappa shape index (κ1) is 16.1. The Kier molecular flexibility index (Phi) is 4.31. The quantitative estimate of drug-likeness (QED) is 0.738. The van der Waals surface area contributed by atoms with E-state index in [1.165, 1.54) is 0 Å². The molecule has 0 spiro atoms. The van der Waals surface area contributed by atoms with Crippen LogP contribution in [0.3, 0.4) is 0 Å². The van der Waals surface area contributed by atoms with Gasteiger partial charge in [0.25, 0.3) is 0 Å². The lowest BCUT2D eigenvalue weighted by atomic mass is 10.1. The first-order chi connectivity index (χ1) is 11.4. The minimum absolute atomic E-state index is 0.108. The molecule has 2 heterocycles. The average molecular weight is 346 g/mol. The Hall–Kier alpha value is -2.73. The van der Waals surface area contributed by atoms with E-state index in [0.29, 0.717) is 27.2 Å². The number of rotatable bonds is 5. The first-order valence-electron chi connectivity index (χ1n) is 7.27. The van der Waals surface area contributed by atoms with E-state index in [1.54, 1.807) is 30.3 Å². The summed E-state index contributed by atoms with van der Waals surface area (Å²) in [7, 11) is 0. The molecule has 24 heavy (non-hydrogen) atoms. The topological polar surface area (TPSA) is 98.2 Å². The minimum Gasteiger partial charge on any atom is -0.543 e. The van der Waals surface area contributed by atoms with Crippen LogP contribution in [0.5, 0.6) is 0 Å². The number of hydrogen-bond donors (Lipinski definition) is 2. The van der Waals surface area contributed by atoms with Crippen LogP contribution in [0.15, 0.2) is 34.7 Å². The molecule has 0 aliphatic heterocycles. The van der Waals surface area contributed by atoms with E-state index in [0.717, 1.165) is 5.76 Å². The van der Waals surface area contributed by atoms with Crippen molar-refractivity contribution in [2.75, 3.05) is 0 Å². The van der Waals surface area contributed by atoms with Gasteiger partial charge in [0.05, 0.1) is 24.6 Å². The van der Waals surface area contributed by atoms with Crippen molar-refractivity contribution in [1.29, 1.82) is 0 Å². The highest BCUT2D eigenvalue weighted by Gasteiger charge is 2.16. The van der Waals surface area contributed by atoms with Crippen molar-refractivity contribution < 1.29 is 19.1 Å². The molecule has 0 fully saturated rings. The zero-order valence-corrected chi connectivity index (χ0v) is 13.6. The highest BCUT2D eigenvalue weighted by molar-refractivity contribution is 6.31. The van der Waals surface area contributed by atoms with Gasteiger partial charge in [-0.2, -0.15) is 0 Å². The number of aryl methyl sites for hydroxylation is 1. The van der Waals surface area contributed by atoms with Crippen LogP contribution in [0.25, 0.3) is 10.9 Å². The molecule has 6 nitrogen and oxygen atoms in total. The van der Waals surface area contributed by atoms with Crippen LogP contribution in [0, 0.1) is 6.92 Å². The number of carbonyl (C=O) groups excluding carboxylic acids is 2. The van der Waals surface area contributed by atoms with Gasteiger partial charge in [0.1, 0.15) is 11.5 Å². The molecule has 0 saturated carbocycles. The standard InChI is InChI=1S/C17H15ClN2O4/c1-9-2-4-11(24-9)8-19-15(21)7-13-12-6-10(18)3-5-14(12)20-16(13)17(22)23/h2-6,20H,7-8H2,1H3,(H,19,21)(H,22,23)/p-1. The van der Waals surface area contributed by atoms with Gasteiger partial charge in [0, 0.05) is 15.9 Å². The summed E-state index contributed by atoms with van der Waals surface area (Å²) in [5, 5.41) is 15.1. The summed E-state index contributed by atoms with van der Waals surface area (Å²) in [5.41, 5.74) is 0.819. The molecule has 0 bridgehead atoms. The number of carboxylic acid groups (broad SMARTS) is 1. The molecule has 0 radical (unpaired) electrons. The normalized spacial score (nSPS) is 10.9. The monoisotopic (exact) mass is 345 g/mol. The fourth-order valence-corrected chi connectivity index (χ4v) is 2.74. The summed E-state index contributed by atoms with van der Waals surface area (Å²) < 4.78 is 5.37. The Morgan fingerprint density at radius 3 is 2.75 bits per heavy atom. The van der Waals surface area contributed by atoms with Crippen LogP contribution in [0.1, 0.15) is 27.6 Å². The highest BCUT2D eigenvalue weighted by Crippen LogP contribution is 2.26. The van der Waals surface area contributed by atoms with Gasteiger partial charge in [-0.05, 0) is 42.8 Å². The van der Waals surface area contributed by atoms with Crippen molar-refractivity contribution in [2.45, 2.75) is 19.9 Å². The zero-order chi connectivity index (χ0) is 17.3. The summed E-state index contributed by atoms with van der Waals surface area (Å²) >= 11 is 5.97. The maximum atomic E-state index is 12.2. The fraction of sp³-hybridized carbons (Fsp3) is 0.176. The first-order valence-corrected chi connectivity index (χ1v) is 7.65. The molecule has 2 N–H and O–H groups in total. The second-order valence-electron chi connectivity index (χ2n) is 5.42. The number of halogens is 1. The van der Waals surface area contributed by atoms with E-state index < -0.39 is 5.97 Å². The molecular formula is C17H14ClN2O4-. The maximum Gasteiger partial charge on any atom is 0.224 e. The summed E-state index contributed by atoms with van der Waals surface area (Å²) in [6, 6.07) is 8.50. The molecule has 3 aromatic rings. The minimum atomic E-state index is -1.37. The highest BCUT2D eigenvalue weighted by atomic mass is 35.5. The van der Waals surface area contributed by atoms with Gasteiger partial charge in [-0.1, -0.05) is 11.6 Å². The number of furan rings is 1. The maximum absolute atomic E-state index is 12.2. The van der Waals surface area contributed by atoms with Crippen LogP contribution in [0.2, 0.25) is 5.02 Å². The molecule has 0 aliphatic carbocycles. The van der Waals surface area contributed by atoms with Crippen molar-refractivity contribution in [3.8, 4) is 0 Å². The number of aromatic nitrogens is 1. The second-order valence-corrected chi connectivity index (χ2v) is 5.86. The third kappa shape index (κ3) is 3.28. The Balaban J connectivity index is 1.82. The van der Waals surface area contributed by atoms with Crippen molar-refractivity contribution in [1.82, 2.24) is 10.3 Å². The third-order valence-corrected chi connectivity index (χ3v) is 3.90. The number of carboxylic acids is 1. The average Bonchev–Trinajstić information content (AvgIpc) is 3.09. The number of nitrogens with one attached hydrogen (secondary N) is 2. The summed E-state index contributed by atoms with van der Waals surface area (Å²) in [5.74, 6) is -0.313. The van der Waals surface area contributed by atoms with E-state index in [1.807, 2.05) is 6.92 Å². The van der Waals surface area contributed by atoms with Gasteiger partial charge in [-0.25, -0.2) is 0 Å². The van der Waals surface area contributed by atoms with E-state index in [4.69, 9.17) is 16.0 Å². The van der Waals surface area contributed by atoms with Crippen LogP contribution >= 0.6 is 11.6 Å². The van der Waals surface area contributed by atoms with E-state index in [-0.39, 0.29) is 24.6 Å². The molecule has 0 aliphatic rings. The van der Waals surface area contributed by atoms with Gasteiger partial charge in [0.2, 0.25) is 5.91 Å². The predicted octanol–water partition coefficient (Wildman–Crippen LogP) is 1.95. The number of fused-ring (bicyclic) bond motifs is 1. The molecule has 0 unspecified atom stereocenters. The zero-order valence-electron chi connectivity index (χ0n) is 12.8. The lowest BCUT2D eigenvalue weighted by Gasteiger charge is -2.06. The van der Waals surface area contributed by atoms with Crippen LogP contribution in [-0.4, -0.2) is 16.9 Å². The van der Waals surface area contributed by atoms with Crippen LogP contribution in [0.4, 0.5) is 0 Å². The van der Waals surface area contributed by atoms with Crippen molar-refractivity contribution in [3.63, 3.8) is 0 Å². The molecule has 124 valence electrons. The fourth-order valence-electron chi connectivity index (χ4n) is 2.57. The Labute approximate surface area is 142 Å². The van der Waals surface area contributed by atoms with Gasteiger partial charge in [0.15, 0.2) is 0 Å². The van der Waals surface area contributed by atoms with Gasteiger partial charge < -0.3 is 24.6 Å². The molecule has 0 atom stereocenters. The molecule has 2 aromatic heterocycles. The van der Waals surface area contributed by atoms with Gasteiger partial charge in [-0.15, -0.1) is 0 Å². The number of benzene rings is 1. The molecule has 3 rings (SSSR count). The molecular weight excluding hydrogens is 332 g/mol. The van der Waals surface area contributed by atoms with Crippen molar-refractivity contribution >= 4 is 34.4 Å². The summed E-state index contributed by atoms with van der Waals surface area (Å²) in [6.07, 6.45) is -0.108. The summed E-state index contributed by atoms with van der Waals surface area (Å²) in [4.78, 5) is 26.3. The number of carbonyl (C=O) groups is 2. The molecule has 0 saturated heterocycles. The summed E-state index contributed by atoms with van der Waals surface area (Å²) in [6.45, 7) is 2.05. The molecule has 7 heteroatoms. The smallest absolute Gasteiger partial charge is 0.224 e. The van der Waals surface area contributed by atoms with Crippen LogP contribution in [-0.2, 0) is 17.8 Å². The molecule has 1 amide bonds. The lowest BCUT2D eigenvalue weighted by molar-refractivity contribution is -0.255. The number of aromatic carboxylic acids is 1. The number of amides is 1. The Morgan fingerprint density at radius 2 is 2.08 bits per heavy atom. The predicted molar refractivity (Wildman–Crippen MR) is 86.6 cm³/mol. The van der Waals surface area contributed by atoms with E-state index in [2.05, 4.69) is 10.3 Å².